The lowest BCUT2D eigenvalue weighted by molar-refractivity contribution is 1.18. The smallest absolute Gasteiger partial charge is 0.0909 e. The van der Waals surface area contributed by atoms with Crippen molar-refractivity contribution in [3.05, 3.63) is 152 Å². The van der Waals surface area contributed by atoms with Gasteiger partial charge >= 0.3 is 0 Å². The van der Waals surface area contributed by atoms with Gasteiger partial charge in [0.2, 0.25) is 0 Å². The number of benzene rings is 6. The van der Waals surface area contributed by atoms with Crippen LogP contribution in [0.5, 0.6) is 0 Å². The van der Waals surface area contributed by atoms with Gasteiger partial charge in [0.15, 0.2) is 0 Å². The second-order valence-corrected chi connectivity index (χ2v) is 12.7. The van der Waals surface area contributed by atoms with E-state index >= 15 is 0 Å². The van der Waals surface area contributed by atoms with Crippen LogP contribution in [0.1, 0.15) is 0 Å². The van der Waals surface area contributed by atoms with Crippen LogP contribution in [0.15, 0.2) is 152 Å². The molecule has 0 saturated heterocycles. The van der Waals surface area contributed by atoms with E-state index in [-0.39, 0.29) is 0 Å². The SMILES string of the molecule is c1cc(-c2ccc3c4ccccc4n(-c4ccnc5c4sc4ccccc45)c3c2)cc(-n2c3ccccc3c3ccccc32)c1. The summed E-state index contributed by atoms with van der Waals surface area (Å²) in [6, 6.07) is 52.7. The van der Waals surface area contributed by atoms with Crippen LogP contribution >= 0.6 is 11.3 Å². The summed E-state index contributed by atoms with van der Waals surface area (Å²) in [6.07, 6.45) is 1.95. The molecule has 4 heteroatoms. The number of thiophene rings is 1. The molecule has 0 amide bonds. The highest BCUT2D eigenvalue weighted by atomic mass is 32.1. The van der Waals surface area contributed by atoms with Gasteiger partial charge in [-0.15, -0.1) is 11.3 Å². The van der Waals surface area contributed by atoms with Crippen molar-refractivity contribution in [2.75, 3.05) is 0 Å². The zero-order chi connectivity index (χ0) is 29.5. The molecule has 45 heavy (non-hydrogen) atoms. The Morgan fingerprint density at radius 2 is 1.04 bits per heavy atom. The van der Waals surface area contributed by atoms with E-state index in [0.29, 0.717) is 0 Å². The second-order valence-electron chi connectivity index (χ2n) is 11.6. The second kappa shape index (κ2) is 9.39. The van der Waals surface area contributed by atoms with Gasteiger partial charge < -0.3 is 9.13 Å². The molecule has 4 aromatic heterocycles. The summed E-state index contributed by atoms with van der Waals surface area (Å²) in [5.74, 6) is 0. The maximum atomic E-state index is 4.84. The minimum absolute atomic E-state index is 1.06. The molecule has 0 aliphatic carbocycles. The van der Waals surface area contributed by atoms with E-state index in [1.165, 1.54) is 75.2 Å². The summed E-state index contributed by atoms with van der Waals surface area (Å²) in [5.41, 5.74) is 10.6. The fourth-order valence-electron chi connectivity index (χ4n) is 7.20. The zero-order valence-corrected chi connectivity index (χ0v) is 25.0. The Hall–Kier alpha value is -5.71. The normalized spacial score (nSPS) is 12.0. The summed E-state index contributed by atoms with van der Waals surface area (Å²) in [6.45, 7) is 0. The standard InChI is InChI=1S/C41H25N3S/c1-5-16-34-29(12-1)30-13-2-6-17-35(30)43(34)28-11-9-10-26(24-28)27-20-21-32-31-14-3-7-18-36(31)44(38(32)25-27)37-22-23-42-40-33-15-4-8-19-39(33)45-41(37)40/h1-25H. The van der Waals surface area contributed by atoms with Crippen LogP contribution in [0.3, 0.4) is 0 Å². The number of rotatable bonds is 3. The van der Waals surface area contributed by atoms with Gasteiger partial charge in [-0.2, -0.15) is 0 Å². The first kappa shape index (κ1) is 24.7. The maximum Gasteiger partial charge on any atom is 0.0909 e. The Labute approximate surface area is 262 Å². The van der Waals surface area contributed by atoms with Crippen molar-refractivity contribution in [2.45, 2.75) is 0 Å². The van der Waals surface area contributed by atoms with E-state index in [1.807, 2.05) is 17.5 Å². The van der Waals surface area contributed by atoms with E-state index in [4.69, 9.17) is 4.98 Å². The number of hydrogen-bond acceptors (Lipinski definition) is 2. The van der Waals surface area contributed by atoms with Gasteiger partial charge in [-0.05, 0) is 59.7 Å². The fraction of sp³-hybridized carbons (Fsp3) is 0. The number of fused-ring (bicyclic) bond motifs is 9. The Morgan fingerprint density at radius 1 is 0.444 bits per heavy atom. The number of aromatic nitrogens is 3. The molecule has 6 aromatic carbocycles. The predicted octanol–water partition coefficient (Wildman–Crippen LogP) is 11.3. The van der Waals surface area contributed by atoms with Gasteiger partial charge in [-0.1, -0.05) is 97.1 Å². The molecule has 0 bridgehead atoms. The van der Waals surface area contributed by atoms with Crippen molar-refractivity contribution in [1.82, 2.24) is 14.1 Å². The molecule has 0 fully saturated rings. The Morgan fingerprint density at radius 3 is 1.78 bits per heavy atom. The molecule has 10 aromatic rings. The quantitative estimate of drug-likeness (QED) is 0.200. The van der Waals surface area contributed by atoms with Crippen molar-refractivity contribution in [2.24, 2.45) is 0 Å². The molecule has 3 nitrogen and oxygen atoms in total. The molecule has 0 saturated carbocycles. The van der Waals surface area contributed by atoms with Crippen LogP contribution in [0.25, 0.3) is 86.4 Å². The average Bonchev–Trinajstić information content (AvgIpc) is 3.76. The van der Waals surface area contributed by atoms with Crippen LogP contribution in [-0.4, -0.2) is 14.1 Å². The van der Waals surface area contributed by atoms with E-state index in [2.05, 4.69) is 155 Å². The largest absolute Gasteiger partial charge is 0.309 e. The van der Waals surface area contributed by atoms with E-state index < -0.39 is 0 Å². The van der Waals surface area contributed by atoms with Crippen LogP contribution < -0.4 is 0 Å². The Kier molecular flexibility index (Phi) is 5.16. The third kappa shape index (κ3) is 3.54. The minimum Gasteiger partial charge on any atom is -0.309 e. The molecule has 10 rings (SSSR count). The van der Waals surface area contributed by atoms with Gasteiger partial charge in [0.25, 0.3) is 0 Å². The first-order valence-electron chi connectivity index (χ1n) is 15.2. The van der Waals surface area contributed by atoms with Gasteiger partial charge in [0.05, 0.1) is 38.0 Å². The highest BCUT2D eigenvalue weighted by molar-refractivity contribution is 7.26. The molecule has 0 radical (unpaired) electrons. The minimum atomic E-state index is 1.06. The van der Waals surface area contributed by atoms with Gasteiger partial charge in [-0.25, -0.2) is 0 Å². The van der Waals surface area contributed by atoms with E-state index in [9.17, 15) is 0 Å². The Bertz CT molecular complexity index is 2720. The first-order valence-corrected chi connectivity index (χ1v) is 16.0. The van der Waals surface area contributed by atoms with Crippen LogP contribution in [-0.2, 0) is 0 Å². The number of para-hydroxylation sites is 3. The summed E-state index contributed by atoms with van der Waals surface area (Å²) < 4.78 is 7.29. The maximum absolute atomic E-state index is 4.84. The lowest BCUT2D eigenvalue weighted by atomic mass is 10.0. The van der Waals surface area contributed by atoms with Crippen molar-refractivity contribution in [3.63, 3.8) is 0 Å². The van der Waals surface area contributed by atoms with Crippen molar-refractivity contribution < 1.29 is 0 Å². The summed E-state index contributed by atoms with van der Waals surface area (Å²) >= 11 is 1.82. The fourth-order valence-corrected chi connectivity index (χ4v) is 8.37. The number of hydrogen-bond donors (Lipinski definition) is 0. The Balaban J connectivity index is 1.22. The average molecular weight is 592 g/mol. The summed E-state index contributed by atoms with van der Waals surface area (Å²) in [5, 5.41) is 6.26. The van der Waals surface area contributed by atoms with Crippen molar-refractivity contribution >= 4 is 75.3 Å². The third-order valence-electron chi connectivity index (χ3n) is 9.17. The lowest BCUT2D eigenvalue weighted by Gasteiger charge is -2.12. The molecule has 0 aliphatic rings. The lowest BCUT2D eigenvalue weighted by Crippen LogP contribution is -1.95. The zero-order valence-electron chi connectivity index (χ0n) is 24.2. The third-order valence-corrected chi connectivity index (χ3v) is 10.4. The van der Waals surface area contributed by atoms with Crippen molar-refractivity contribution in [1.29, 1.82) is 0 Å². The van der Waals surface area contributed by atoms with Crippen LogP contribution in [0.4, 0.5) is 0 Å². The summed E-state index contributed by atoms with van der Waals surface area (Å²) in [4.78, 5) is 4.84. The highest BCUT2D eigenvalue weighted by Gasteiger charge is 2.18. The molecule has 0 atom stereocenters. The predicted molar refractivity (Wildman–Crippen MR) is 191 cm³/mol. The molecule has 0 spiro atoms. The molecule has 4 heterocycles. The molecular weight excluding hydrogens is 567 g/mol. The highest BCUT2D eigenvalue weighted by Crippen LogP contribution is 2.41. The molecular formula is C41H25N3S. The van der Waals surface area contributed by atoms with Crippen LogP contribution in [0, 0.1) is 0 Å². The number of pyridine rings is 1. The number of nitrogens with zero attached hydrogens (tertiary/aromatic N) is 3. The van der Waals surface area contributed by atoms with Gasteiger partial charge in [-0.3, -0.25) is 4.98 Å². The van der Waals surface area contributed by atoms with E-state index in [1.54, 1.807) is 0 Å². The molecule has 0 N–H and O–H groups in total. The van der Waals surface area contributed by atoms with Gasteiger partial charge in [0, 0.05) is 43.5 Å². The molecule has 0 aliphatic heterocycles. The van der Waals surface area contributed by atoms with Gasteiger partial charge in [0.1, 0.15) is 0 Å². The summed E-state index contributed by atoms with van der Waals surface area (Å²) in [7, 11) is 0. The van der Waals surface area contributed by atoms with E-state index in [0.717, 1.165) is 11.2 Å². The first-order chi connectivity index (χ1) is 22.3. The van der Waals surface area contributed by atoms with Crippen LogP contribution in [0.2, 0.25) is 0 Å². The topological polar surface area (TPSA) is 22.8 Å². The molecule has 210 valence electrons. The van der Waals surface area contributed by atoms with Crippen molar-refractivity contribution in [3.8, 4) is 22.5 Å². The monoisotopic (exact) mass is 591 g/mol. The molecule has 0 unspecified atom stereocenters.